The number of ether oxygens (including phenoxy) is 1. The van der Waals surface area contributed by atoms with E-state index in [1.165, 1.54) is 11.8 Å². The van der Waals surface area contributed by atoms with Crippen molar-refractivity contribution in [2.45, 2.75) is 17.6 Å². The van der Waals surface area contributed by atoms with E-state index < -0.39 is 11.5 Å². The summed E-state index contributed by atoms with van der Waals surface area (Å²) >= 11 is 1.37. The molecule has 1 aromatic carbocycles. The lowest BCUT2D eigenvalue weighted by Gasteiger charge is -2.22. The Morgan fingerprint density at radius 2 is 2.35 bits per heavy atom. The number of hydrogen-bond acceptors (Lipinski definition) is 5. The SMILES string of the molecule is CNC(C)(CSc1nc2ccc(OC)cc2[nH]1)C(=O)O. The van der Waals surface area contributed by atoms with E-state index >= 15 is 0 Å². The summed E-state index contributed by atoms with van der Waals surface area (Å²) in [5.41, 5.74) is 0.713. The van der Waals surface area contributed by atoms with Crippen LogP contribution in [-0.2, 0) is 4.79 Å². The van der Waals surface area contributed by atoms with Crippen LogP contribution >= 0.6 is 11.8 Å². The highest BCUT2D eigenvalue weighted by atomic mass is 32.2. The third-order valence-corrected chi connectivity index (χ3v) is 4.38. The molecule has 1 unspecified atom stereocenters. The van der Waals surface area contributed by atoms with Crippen LogP contribution in [0.3, 0.4) is 0 Å². The summed E-state index contributed by atoms with van der Waals surface area (Å²) < 4.78 is 5.15. The molecule has 0 saturated heterocycles. The van der Waals surface area contributed by atoms with E-state index in [9.17, 15) is 9.90 Å². The maximum atomic E-state index is 11.2. The minimum atomic E-state index is -0.985. The normalized spacial score (nSPS) is 14.2. The smallest absolute Gasteiger partial charge is 0.324 e. The second-order valence-electron chi connectivity index (χ2n) is 4.60. The predicted molar refractivity (Wildman–Crippen MR) is 78.5 cm³/mol. The highest BCUT2D eigenvalue weighted by Crippen LogP contribution is 2.25. The number of nitrogens with one attached hydrogen (secondary N) is 2. The van der Waals surface area contributed by atoms with Crippen molar-refractivity contribution in [3.8, 4) is 5.75 Å². The zero-order valence-corrected chi connectivity index (χ0v) is 12.4. The summed E-state index contributed by atoms with van der Waals surface area (Å²) in [6.45, 7) is 1.65. The van der Waals surface area contributed by atoms with Crippen LogP contribution in [0, 0.1) is 0 Å². The molecule has 0 spiro atoms. The molecular weight excluding hydrogens is 278 g/mol. The molecule has 0 aliphatic carbocycles. The van der Waals surface area contributed by atoms with Gasteiger partial charge in [-0.2, -0.15) is 0 Å². The number of hydrogen-bond donors (Lipinski definition) is 3. The van der Waals surface area contributed by atoms with Crippen molar-refractivity contribution >= 4 is 28.8 Å². The average Bonchev–Trinajstić information content (AvgIpc) is 2.86. The lowest BCUT2D eigenvalue weighted by Crippen LogP contribution is -2.49. The van der Waals surface area contributed by atoms with Crippen LogP contribution in [0.25, 0.3) is 11.0 Å². The first kappa shape index (κ1) is 14.7. The molecule has 2 aromatic rings. The van der Waals surface area contributed by atoms with E-state index in [2.05, 4.69) is 15.3 Å². The van der Waals surface area contributed by atoms with Crippen LogP contribution in [-0.4, -0.2) is 46.5 Å². The quantitative estimate of drug-likeness (QED) is 0.703. The number of fused-ring (bicyclic) bond motifs is 1. The standard InChI is InChI=1S/C13H17N3O3S/c1-13(14-2,11(17)18)7-20-12-15-9-5-4-8(19-3)6-10(9)16-12/h4-6,14H,7H2,1-3H3,(H,15,16)(H,17,18). The van der Waals surface area contributed by atoms with E-state index in [1.807, 2.05) is 18.2 Å². The Morgan fingerprint density at radius 3 is 2.95 bits per heavy atom. The molecule has 3 N–H and O–H groups in total. The summed E-state index contributed by atoms with van der Waals surface area (Å²) in [7, 11) is 3.25. The maximum Gasteiger partial charge on any atom is 0.324 e. The Morgan fingerprint density at radius 1 is 1.60 bits per heavy atom. The van der Waals surface area contributed by atoms with Gasteiger partial charge in [0.05, 0.1) is 18.1 Å². The van der Waals surface area contributed by atoms with Gasteiger partial charge in [-0.1, -0.05) is 11.8 Å². The first-order valence-electron chi connectivity index (χ1n) is 6.07. The van der Waals surface area contributed by atoms with Crippen molar-refractivity contribution < 1.29 is 14.6 Å². The number of benzene rings is 1. The van der Waals surface area contributed by atoms with Crippen LogP contribution in [0.2, 0.25) is 0 Å². The van der Waals surface area contributed by atoms with E-state index in [4.69, 9.17) is 4.74 Å². The summed E-state index contributed by atoms with van der Waals surface area (Å²) in [5, 5.41) is 12.7. The summed E-state index contributed by atoms with van der Waals surface area (Å²) in [5.74, 6) is 0.240. The molecule has 0 saturated carbocycles. The van der Waals surface area contributed by atoms with Gasteiger partial charge in [-0.05, 0) is 26.1 Å². The van der Waals surface area contributed by atoms with Crippen molar-refractivity contribution in [3.63, 3.8) is 0 Å². The van der Waals surface area contributed by atoms with E-state index in [0.717, 1.165) is 16.8 Å². The first-order valence-corrected chi connectivity index (χ1v) is 7.06. The molecule has 6 nitrogen and oxygen atoms in total. The van der Waals surface area contributed by atoms with Gasteiger partial charge in [-0.3, -0.25) is 4.79 Å². The topological polar surface area (TPSA) is 87.2 Å². The molecule has 108 valence electrons. The lowest BCUT2D eigenvalue weighted by molar-refractivity contribution is -0.142. The van der Waals surface area contributed by atoms with Gasteiger partial charge in [0.25, 0.3) is 0 Å². The first-order chi connectivity index (χ1) is 9.48. The predicted octanol–water partition coefficient (Wildman–Crippen LogP) is 1.73. The number of H-pyrrole nitrogens is 1. The molecule has 2 rings (SSSR count). The number of nitrogens with zero attached hydrogens (tertiary/aromatic N) is 1. The van der Waals surface area contributed by atoms with Gasteiger partial charge in [0.1, 0.15) is 11.3 Å². The molecule has 0 aliphatic rings. The molecule has 0 radical (unpaired) electrons. The second-order valence-corrected chi connectivity index (χ2v) is 5.57. The van der Waals surface area contributed by atoms with Gasteiger partial charge in [-0.15, -0.1) is 0 Å². The van der Waals surface area contributed by atoms with Gasteiger partial charge in [0.15, 0.2) is 5.16 Å². The minimum absolute atomic E-state index is 0.371. The van der Waals surface area contributed by atoms with E-state index in [0.29, 0.717) is 10.9 Å². The third kappa shape index (κ3) is 2.88. The number of imidazole rings is 1. The summed E-state index contributed by atoms with van der Waals surface area (Å²) in [6.07, 6.45) is 0. The largest absolute Gasteiger partial charge is 0.497 e. The van der Waals surface area contributed by atoms with Gasteiger partial charge in [0, 0.05) is 11.8 Å². The van der Waals surface area contributed by atoms with Gasteiger partial charge in [-0.25, -0.2) is 4.98 Å². The molecule has 0 amide bonds. The molecule has 0 aliphatic heterocycles. The number of aliphatic carboxylic acids is 1. The molecular formula is C13H17N3O3S. The third-order valence-electron chi connectivity index (χ3n) is 3.19. The van der Waals surface area contributed by atoms with Crippen molar-refractivity contribution in [2.24, 2.45) is 0 Å². The average molecular weight is 295 g/mol. The van der Waals surface area contributed by atoms with Crippen LogP contribution in [0.4, 0.5) is 0 Å². The number of carboxylic acid groups (broad SMARTS) is 1. The molecule has 1 heterocycles. The number of aromatic nitrogens is 2. The van der Waals surface area contributed by atoms with Crippen molar-refractivity contribution in [2.75, 3.05) is 19.9 Å². The molecule has 20 heavy (non-hydrogen) atoms. The molecule has 1 aromatic heterocycles. The van der Waals surface area contributed by atoms with E-state index in [1.54, 1.807) is 21.1 Å². The van der Waals surface area contributed by atoms with Crippen LogP contribution in [0.1, 0.15) is 6.92 Å². The van der Waals surface area contributed by atoms with Crippen LogP contribution in [0.5, 0.6) is 5.75 Å². The minimum Gasteiger partial charge on any atom is -0.497 e. The summed E-state index contributed by atoms with van der Waals surface area (Å²) in [4.78, 5) is 18.8. The molecule has 1 atom stereocenters. The summed E-state index contributed by atoms with van der Waals surface area (Å²) in [6, 6.07) is 5.57. The van der Waals surface area contributed by atoms with Crippen molar-refractivity contribution in [1.29, 1.82) is 0 Å². The Kier molecular flexibility index (Phi) is 4.20. The number of methoxy groups -OCH3 is 1. The number of likely N-dealkylation sites (N-methyl/N-ethyl adjacent to an activating group) is 1. The fourth-order valence-corrected chi connectivity index (χ4v) is 2.65. The molecule has 0 fully saturated rings. The molecule has 7 heteroatoms. The highest BCUT2D eigenvalue weighted by molar-refractivity contribution is 7.99. The van der Waals surface area contributed by atoms with Gasteiger partial charge in [0.2, 0.25) is 0 Å². The fourth-order valence-electron chi connectivity index (χ4n) is 1.61. The van der Waals surface area contributed by atoms with E-state index in [-0.39, 0.29) is 0 Å². The van der Waals surface area contributed by atoms with Crippen molar-refractivity contribution in [1.82, 2.24) is 15.3 Å². The Balaban J connectivity index is 2.16. The van der Waals surface area contributed by atoms with Crippen molar-refractivity contribution in [3.05, 3.63) is 18.2 Å². The van der Waals surface area contributed by atoms with Gasteiger partial charge < -0.3 is 20.1 Å². The van der Waals surface area contributed by atoms with Crippen LogP contribution in [0.15, 0.2) is 23.4 Å². The number of aromatic amines is 1. The van der Waals surface area contributed by atoms with Gasteiger partial charge >= 0.3 is 5.97 Å². The zero-order chi connectivity index (χ0) is 14.8. The Bertz CT molecular complexity index is 628. The number of thioether (sulfide) groups is 1. The number of rotatable bonds is 6. The Labute approximate surface area is 120 Å². The maximum absolute atomic E-state index is 11.2. The Hall–Kier alpha value is -1.73. The zero-order valence-electron chi connectivity index (χ0n) is 11.6. The lowest BCUT2D eigenvalue weighted by atomic mass is 10.1. The number of carbonyl (C=O) groups is 1. The highest BCUT2D eigenvalue weighted by Gasteiger charge is 2.31. The fraction of sp³-hybridized carbons (Fsp3) is 0.385. The second kappa shape index (κ2) is 5.72. The molecule has 0 bridgehead atoms. The number of carboxylic acids is 1. The van der Waals surface area contributed by atoms with Crippen LogP contribution < -0.4 is 10.1 Å². The monoisotopic (exact) mass is 295 g/mol.